The molecule has 3 rings (SSSR count). The molecule has 0 aliphatic carbocycles. The van der Waals surface area contributed by atoms with Crippen LogP contribution in [0.5, 0.6) is 0 Å². The molecule has 0 spiro atoms. The van der Waals surface area contributed by atoms with Crippen LogP contribution >= 0.6 is 11.3 Å². The van der Waals surface area contributed by atoms with Crippen molar-refractivity contribution in [3.63, 3.8) is 0 Å². The molecule has 0 radical (unpaired) electrons. The van der Waals surface area contributed by atoms with Crippen LogP contribution in [0.2, 0.25) is 0 Å². The largest absolute Gasteiger partial charge is 0.464 e. The zero-order valence-electron chi connectivity index (χ0n) is 13.6. The fourth-order valence-corrected chi connectivity index (χ4v) is 3.28. The number of hydrogen-bond acceptors (Lipinski definition) is 7. The molecule has 124 valence electrons. The van der Waals surface area contributed by atoms with Crippen LogP contribution in [0, 0.1) is 0 Å². The number of nitrogens with one attached hydrogen (secondary N) is 1. The minimum atomic E-state index is -0.404. The van der Waals surface area contributed by atoms with Gasteiger partial charge in [0.25, 0.3) is 0 Å². The van der Waals surface area contributed by atoms with Crippen LogP contribution in [0.4, 0.5) is 5.82 Å². The maximum Gasteiger partial charge on any atom is 0.355 e. The van der Waals surface area contributed by atoms with Crippen molar-refractivity contribution in [1.82, 2.24) is 14.5 Å². The second-order valence-corrected chi connectivity index (χ2v) is 6.21. The molecule has 0 fully saturated rings. The first-order valence-corrected chi connectivity index (χ1v) is 8.21. The van der Waals surface area contributed by atoms with Crippen molar-refractivity contribution in [2.45, 2.75) is 13.3 Å². The molecular weight excluding hydrogens is 326 g/mol. The van der Waals surface area contributed by atoms with E-state index in [9.17, 15) is 4.79 Å². The zero-order chi connectivity index (χ0) is 17.1. The summed E-state index contributed by atoms with van der Waals surface area (Å²) < 4.78 is 6.49. The highest BCUT2D eigenvalue weighted by molar-refractivity contribution is 7.18. The number of anilines is 1. The van der Waals surface area contributed by atoms with Crippen molar-refractivity contribution in [1.29, 1.82) is 0 Å². The number of ether oxygens (including phenoxy) is 1. The van der Waals surface area contributed by atoms with E-state index >= 15 is 0 Å². The number of nitrogens with zero attached hydrogens (tertiary/aromatic N) is 4. The Labute approximate surface area is 143 Å². The quantitative estimate of drug-likeness (QED) is 0.438. The van der Waals surface area contributed by atoms with Crippen molar-refractivity contribution in [3.05, 3.63) is 40.8 Å². The summed E-state index contributed by atoms with van der Waals surface area (Å²) in [5, 5.41) is 5.15. The van der Waals surface area contributed by atoms with E-state index in [1.165, 1.54) is 18.3 Å². The smallest absolute Gasteiger partial charge is 0.355 e. The summed E-state index contributed by atoms with van der Waals surface area (Å²) in [5.74, 6) is 0.238. The molecule has 0 saturated carbocycles. The van der Waals surface area contributed by atoms with Gasteiger partial charge in [0, 0.05) is 23.7 Å². The number of aryl methyl sites for hydroxylation is 2. The fraction of sp³-hybridized carbons (Fsp3) is 0.250. The van der Waals surface area contributed by atoms with E-state index in [0.717, 1.165) is 16.6 Å². The monoisotopic (exact) mass is 343 g/mol. The number of fused-ring (bicyclic) bond motifs is 1. The van der Waals surface area contributed by atoms with Gasteiger partial charge in [-0.2, -0.15) is 5.10 Å². The summed E-state index contributed by atoms with van der Waals surface area (Å²) in [4.78, 5) is 22.5. The predicted octanol–water partition coefficient (Wildman–Crippen LogP) is 2.82. The fourth-order valence-electron chi connectivity index (χ4n) is 2.34. The molecule has 0 atom stereocenters. The third-order valence-electron chi connectivity index (χ3n) is 3.59. The van der Waals surface area contributed by atoms with Crippen molar-refractivity contribution < 1.29 is 9.53 Å². The topological polar surface area (TPSA) is 81.4 Å². The van der Waals surface area contributed by atoms with Crippen LogP contribution in [0.15, 0.2) is 29.8 Å². The van der Waals surface area contributed by atoms with Gasteiger partial charge in [-0.15, -0.1) is 11.3 Å². The number of aromatic nitrogens is 3. The summed E-state index contributed by atoms with van der Waals surface area (Å²) in [5.41, 5.74) is 4.04. The molecule has 7 nitrogen and oxygen atoms in total. The van der Waals surface area contributed by atoms with E-state index < -0.39 is 5.97 Å². The van der Waals surface area contributed by atoms with Crippen LogP contribution in [-0.2, 0) is 18.2 Å². The lowest BCUT2D eigenvalue weighted by atomic mass is 10.2. The van der Waals surface area contributed by atoms with Crippen molar-refractivity contribution in [2.24, 2.45) is 12.1 Å². The molecule has 0 unspecified atom stereocenters. The van der Waals surface area contributed by atoms with Crippen molar-refractivity contribution in [2.75, 3.05) is 12.5 Å². The Balaban J connectivity index is 1.85. The van der Waals surface area contributed by atoms with Gasteiger partial charge in [0.2, 0.25) is 0 Å². The van der Waals surface area contributed by atoms with Crippen molar-refractivity contribution in [3.8, 4) is 0 Å². The van der Waals surface area contributed by atoms with Gasteiger partial charge in [0.05, 0.1) is 18.7 Å². The molecular formula is C16H17N5O2S. The van der Waals surface area contributed by atoms with E-state index in [1.807, 2.05) is 0 Å². The summed E-state index contributed by atoms with van der Waals surface area (Å²) in [6.45, 7) is 2.10. The first-order valence-electron chi connectivity index (χ1n) is 7.40. The molecule has 3 aromatic heterocycles. The number of carbonyl (C=O) groups is 1. The summed E-state index contributed by atoms with van der Waals surface area (Å²) in [6, 6.07) is 3.87. The lowest BCUT2D eigenvalue weighted by Crippen LogP contribution is -2.10. The average molecular weight is 343 g/mol. The molecule has 0 aromatic carbocycles. The second kappa shape index (κ2) is 6.79. The van der Waals surface area contributed by atoms with Gasteiger partial charge < -0.3 is 9.30 Å². The first kappa shape index (κ1) is 16.1. The molecule has 3 heterocycles. The standard InChI is InChI=1S/C16H17N5O2S/c1-4-11-7-12-14(17-9-18-15(12)24-11)20-19-8-10-5-6-21(2)13(10)16(22)23-3/h5-9H,4H2,1-3H3,(H,17,18,20). The Hall–Kier alpha value is -2.74. The molecule has 0 aliphatic rings. The minimum absolute atomic E-state index is 0.404. The van der Waals surface area contributed by atoms with E-state index in [-0.39, 0.29) is 0 Å². The van der Waals surface area contributed by atoms with Gasteiger partial charge in [0.15, 0.2) is 5.82 Å². The predicted molar refractivity (Wildman–Crippen MR) is 94.8 cm³/mol. The third-order valence-corrected chi connectivity index (χ3v) is 4.77. The van der Waals surface area contributed by atoms with Crippen LogP contribution in [0.1, 0.15) is 27.9 Å². The van der Waals surface area contributed by atoms with Gasteiger partial charge in [-0.1, -0.05) is 6.92 Å². The second-order valence-electron chi connectivity index (χ2n) is 5.10. The van der Waals surface area contributed by atoms with Gasteiger partial charge in [-0.3, -0.25) is 5.43 Å². The van der Waals surface area contributed by atoms with Crippen LogP contribution in [0.25, 0.3) is 10.2 Å². The highest BCUT2D eigenvalue weighted by Crippen LogP contribution is 2.28. The molecule has 0 amide bonds. The Bertz CT molecular complexity index is 912. The SMILES string of the molecule is CCc1cc2c(NN=Cc3ccn(C)c3C(=O)OC)ncnc2s1. The third kappa shape index (κ3) is 3.00. The molecule has 0 saturated heterocycles. The van der Waals surface area contributed by atoms with Crippen LogP contribution < -0.4 is 5.43 Å². The molecule has 1 N–H and O–H groups in total. The maximum atomic E-state index is 11.8. The highest BCUT2D eigenvalue weighted by atomic mass is 32.1. The van der Waals surface area contributed by atoms with Crippen LogP contribution in [-0.4, -0.2) is 33.8 Å². The van der Waals surface area contributed by atoms with Gasteiger partial charge >= 0.3 is 5.97 Å². The molecule has 0 bridgehead atoms. The lowest BCUT2D eigenvalue weighted by molar-refractivity contribution is 0.0590. The van der Waals surface area contributed by atoms with Crippen LogP contribution in [0.3, 0.4) is 0 Å². The van der Waals surface area contributed by atoms with E-state index in [2.05, 4.69) is 33.5 Å². The number of rotatable bonds is 5. The van der Waals surface area contributed by atoms with Gasteiger partial charge in [0.1, 0.15) is 16.9 Å². The van der Waals surface area contributed by atoms with E-state index in [4.69, 9.17) is 4.74 Å². The Morgan fingerprint density at radius 3 is 3.08 bits per heavy atom. The maximum absolute atomic E-state index is 11.8. The number of hydrazone groups is 1. The van der Waals surface area contributed by atoms with E-state index in [0.29, 0.717) is 17.1 Å². The average Bonchev–Trinajstić information content (AvgIpc) is 3.18. The number of hydrogen-bond donors (Lipinski definition) is 1. The lowest BCUT2D eigenvalue weighted by Gasteiger charge is -2.03. The Morgan fingerprint density at radius 1 is 1.50 bits per heavy atom. The number of methoxy groups -OCH3 is 1. The van der Waals surface area contributed by atoms with Gasteiger partial charge in [-0.25, -0.2) is 14.8 Å². The molecule has 0 aliphatic heterocycles. The zero-order valence-corrected chi connectivity index (χ0v) is 14.4. The molecule has 24 heavy (non-hydrogen) atoms. The van der Waals surface area contributed by atoms with Crippen molar-refractivity contribution >= 4 is 39.6 Å². The Morgan fingerprint density at radius 2 is 2.33 bits per heavy atom. The number of thiophene rings is 1. The number of esters is 1. The number of carbonyl (C=O) groups excluding carboxylic acids is 1. The normalized spacial score (nSPS) is 11.3. The van der Waals surface area contributed by atoms with Gasteiger partial charge in [-0.05, 0) is 18.6 Å². The summed E-state index contributed by atoms with van der Waals surface area (Å²) in [7, 11) is 3.14. The highest BCUT2D eigenvalue weighted by Gasteiger charge is 2.14. The summed E-state index contributed by atoms with van der Waals surface area (Å²) >= 11 is 1.65. The molecule has 8 heteroatoms. The van der Waals surface area contributed by atoms with E-state index in [1.54, 1.807) is 41.4 Å². The summed E-state index contributed by atoms with van der Waals surface area (Å²) in [6.07, 6.45) is 5.82. The first-order chi connectivity index (χ1) is 11.6. The minimum Gasteiger partial charge on any atom is -0.464 e. The Kier molecular flexibility index (Phi) is 4.57. The molecule has 3 aromatic rings.